The van der Waals surface area contributed by atoms with Gasteiger partial charge in [0.2, 0.25) is 0 Å². The van der Waals surface area contributed by atoms with Crippen LogP contribution in [0.1, 0.15) is 5.56 Å². The number of hydrogen-bond acceptors (Lipinski definition) is 2. The Morgan fingerprint density at radius 3 is 2.70 bits per heavy atom. The Bertz CT molecular complexity index is 256. The zero-order valence-electron chi connectivity index (χ0n) is 5.36. The van der Waals surface area contributed by atoms with Gasteiger partial charge in [0.1, 0.15) is 0 Å². The Morgan fingerprint density at radius 2 is 2.10 bits per heavy atom. The van der Waals surface area contributed by atoms with E-state index in [9.17, 15) is 0 Å². The Morgan fingerprint density at radius 1 is 1.40 bits per heavy atom. The number of hydrogen-bond donors (Lipinski definition) is 0. The molecule has 10 heavy (non-hydrogen) atoms. The van der Waals surface area contributed by atoms with Crippen LogP contribution in [0.3, 0.4) is 0 Å². The molecule has 0 fully saturated rings. The fourth-order valence-electron chi connectivity index (χ4n) is 0.608. The summed E-state index contributed by atoms with van der Waals surface area (Å²) in [5.74, 6) is 0. The maximum atomic E-state index is 8.18. The Hall–Kier alpha value is -1.62. The van der Waals surface area contributed by atoms with Crippen molar-refractivity contribution in [2.24, 2.45) is 0 Å². The quantitative estimate of drug-likeness (QED) is 0.541. The molecular weight excluding hydrogens is 124 g/mol. The number of rotatable bonds is 1. The van der Waals surface area contributed by atoms with Gasteiger partial charge in [-0.15, -0.1) is 0 Å². The lowest BCUT2D eigenvalue weighted by Crippen LogP contribution is -1.70. The highest BCUT2D eigenvalue weighted by Crippen LogP contribution is 1.97. The highest BCUT2D eigenvalue weighted by atomic mass is 14.6. The first-order valence-corrected chi connectivity index (χ1v) is 2.89. The van der Waals surface area contributed by atoms with Crippen molar-refractivity contribution in [1.29, 1.82) is 5.26 Å². The fraction of sp³-hybridized carbons (Fsp3) is 0. The summed E-state index contributed by atoms with van der Waals surface area (Å²) in [4.78, 5) is 3.84. The summed E-state index contributed by atoms with van der Waals surface area (Å²) in [6, 6.07) is 5.60. The highest BCUT2D eigenvalue weighted by Gasteiger charge is 1.79. The number of nitriles is 1. The summed E-state index contributed by atoms with van der Waals surface area (Å²) in [7, 11) is 0. The second kappa shape index (κ2) is 3.41. The van der Waals surface area contributed by atoms with Crippen LogP contribution in [0.15, 0.2) is 30.6 Å². The van der Waals surface area contributed by atoms with E-state index in [1.165, 1.54) is 6.08 Å². The van der Waals surface area contributed by atoms with E-state index < -0.39 is 0 Å². The van der Waals surface area contributed by atoms with Gasteiger partial charge in [0.05, 0.1) is 6.07 Å². The van der Waals surface area contributed by atoms with E-state index in [-0.39, 0.29) is 0 Å². The van der Waals surface area contributed by atoms with E-state index in [2.05, 4.69) is 4.98 Å². The zero-order valence-corrected chi connectivity index (χ0v) is 5.36. The first kappa shape index (κ1) is 6.50. The van der Waals surface area contributed by atoms with Gasteiger partial charge in [-0.25, -0.2) is 0 Å². The Kier molecular flexibility index (Phi) is 2.22. The summed E-state index contributed by atoms with van der Waals surface area (Å²) < 4.78 is 0. The molecule has 0 aromatic carbocycles. The lowest BCUT2D eigenvalue weighted by molar-refractivity contribution is 1.32. The van der Waals surface area contributed by atoms with Crippen LogP contribution < -0.4 is 0 Å². The fourth-order valence-corrected chi connectivity index (χ4v) is 0.608. The maximum Gasteiger partial charge on any atom is 0.0912 e. The molecule has 0 N–H and O–H groups in total. The second-order valence-corrected chi connectivity index (χ2v) is 1.74. The van der Waals surface area contributed by atoms with Gasteiger partial charge in [-0.1, -0.05) is 0 Å². The zero-order chi connectivity index (χ0) is 7.23. The molecule has 0 spiro atoms. The van der Waals surface area contributed by atoms with E-state index in [0.29, 0.717) is 0 Å². The third-order valence-electron chi connectivity index (χ3n) is 1.06. The van der Waals surface area contributed by atoms with Crippen molar-refractivity contribution in [1.82, 2.24) is 4.98 Å². The summed E-state index contributed by atoms with van der Waals surface area (Å²) in [6.07, 6.45) is 6.56. The van der Waals surface area contributed by atoms with E-state index in [1.54, 1.807) is 18.5 Å². The van der Waals surface area contributed by atoms with E-state index >= 15 is 0 Å². The molecule has 0 amide bonds. The maximum absolute atomic E-state index is 8.18. The van der Waals surface area contributed by atoms with E-state index in [0.717, 1.165) is 5.56 Å². The molecule has 2 nitrogen and oxygen atoms in total. The van der Waals surface area contributed by atoms with Gasteiger partial charge in [-0.3, -0.25) is 4.98 Å². The molecule has 1 aromatic heterocycles. The van der Waals surface area contributed by atoms with Gasteiger partial charge in [0, 0.05) is 18.5 Å². The van der Waals surface area contributed by atoms with Gasteiger partial charge in [0.15, 0.2) is 0 Å². The topological polar surface area (TPSA) is 36.7 Å². The minimum atomic E-state index is 0.997. The number of allylic oxidation sites excluding steroid dienone is 1. The summed E-state index contributed by atoms with van der Waals surface area (Å²) in [5.41, 5.74) is 0.997. The molecular formula is C8H6N2. The molecule has 1 rings (SSSR count). The third kappa shape index (κ3) is 1.71. The average molecular weight is 130 g/mol. The van der Waals surface area contributed by atoms with Crippen molar-refractivity contribution in [3.8, 4) is 6.07 Å². The SMILES string of the molecule is N#C/C=C\c1ccncc1. The van der Waals surface area contributed by atoms with Crippen LogP contribution in [-0.2, 0) is 0 Å². The molecule has 1 aromatic rings. The summed E-state index contributed by atoms with van der Waals surface area (Å²) in [5, 5.41) is 8.18. The predicted octanol–water partition coefficient (Wildman–Crippen LogP) is 1.62. The molecule has 0 saturated heterocycles. The van der Waals surface area contributed by atoms with Crippen LogP contribution in [0.5, 0.6) is 0 Å². The molecule has 0 saturated carbocycles. The molecule has 0 aliphatic heterocycles. The van der Waals surface area contributed by atoms with E-state index in [4.69, 9.17) is 5.26 Å². The minimum absolute atomic E-state index is 0.997. The minimum Gasteiger partial charge on any atom is -0.265 e. The molecule has 48 valence electrons. The molecule has 0 unspecified atom stereocenters. The molecule has 0 radical (unpaired) electrons. The average Bonchev–Trinajstić information content (AvgIpc) is 2.03. The summed E-state index contributed by atoms with van der Waals surface area (Å²) in [6.45, 7) is 0. The van der Waals surface area contributed by atoms with Crippen molar-refractivity contribution >= 4 is 6.08 Å². The normalized spacial score (nSPS) is 9.50. The van der Waals surface area contributed by atoms with Gasteiger partial charge in [-0.2, -0.15) is 5.26 Å². The van der Waals surface area contributed by atoms with Crippen molar-refractivity contribution in [2.75, 3.05) is 0 Å². The van der Waals surface area contributed by atoms with E-state index in [1.807, 2.05) is 18.2 Å². The first-order chi connectivity index (χ1) is 4.93. The van der Waals surface area contributed by atoms with Gasteiger partial charge in [0.25, 0.3) is 0 Å². The molecule has 2 heteroatoms. The van der Waals surface area contributed by atoms with Crippen LogP contribution in [0.2, 0.25) is 0 Å². The van der Waals surface area contributed by atoms with Crippen molar-refractivity contribution in [3.63, 3.8) is 0 Å². The molecule has 0 atom stereocenters. The second-order valence-electron chi connectivity index (χ2n) is 1.74. The van der Waals surface area contributed by atoms with Crippen LogP contribution in [0.25, 0.3) is 6.08 Å². The van der Waals surface area contributed by atoms with Crippen LogP contribution >= 0.6 is 0 Å². The smallest absolute Gasteiger partial charge is 0.0912 e. The Balaban J connectivity index is 2.79. The largest absolute Gasteiger partial charge is 0.265 e. The monoisotopic (exact) mass is 130 g/mol. The molecule has 0 aliphatic rings. The first-order valence-electron chi connectivity index (χ1n) is 2.89. The lowest BCUT2D eigenvalue weighted by atomic mass is 10.2. The van der Waals surface area contributed by atoms with Crippen LogP contribution in [0.4, 0.5) is 0 Å². The summed E-state index contributed by atoms with van der Waals surface area (Å²) >= 11 is 0. The standard InChI is InChI=1S/C8H6N2/c9-5-1-2-8-3-6-10-7-4-8/h1-4,6-7H/b2-1-. The lowest BCUT2D eigenvalue weighted by Gasteiger charge is -1.85. The predicted molar refractivity (Wildman–Crippen MR) is 38.9 cm³/mol. The third-order valence-corrected chi connectivity index (χ3v) is 1.06. The number of pyridine rings is 1. The van der Waals surface area contributed by atoms with Crippen LogP contribution in [-0.4, -0.2) is 4.98 Å². The van der Waals surface area contributed by atoms with Crippen molar-refractivity contribution in [2.45, 2.75) is 0 Å². The Labute approximate surface area is 59.4 Å². The van der Waals surface area contributed by atoms with Crippen molar-refractivity contribution in [3.05, 3.63) is 36.2 Å². The molecule has 0 aliphatic carbocycles. The van der Waals surface area contributed by atoms with Gasteiger partial charge < -0.3 is 0 Å². The molecule has 1 heterocycles. The van der Waals surface area contributed by atoms with Crippen LogP contribution in [0, 0.1) is 11.3 Å². The van der Waals surface area contributed by atoms with Gasteiger partial charge in [-0.05, 0) is 23.8 Å². The number of aromatic nitrogens is 1. The molecule has 0 bridgehead atoms. The van der Waals surface area contributed by atoms with Gasteiger partial charge >= 0.3 is 0 Å². The number of nitrogens with zero attached hydrogens (tertiary/aromatic N) is 2. The highest BCUT2D eigenvalue weighted by molar-refractivity contribution is 5.50. The van der Waals surface area contributed by atoms with Crippen molar-refractivity contribution < 1.29 is 0 Å².